The van der Waals surface area contributed by atoms with Crippen LogP contribution in [0.3, 0.4) is 0 Å². The number of piperidine rings is 1. The molecule has 0 bridgehead atoms. The van der Waals surface area contributed by atoms with Gasteiger partial charge in [0.05, 0.1) is 0 Å². The van der Waals surface area contributed by atoms with Gasteiger partial charge in [-0.05, 0) is 76.6 Å². The molecule has 0 radical (unpaired) electrons. The van der Waals surface area contributed by atoms with Crippen LogP contribution in [0.25, 0.3) is 0 Å². The van der Waals surface area contributed by atoms with Crippen LogP contribution >= 0.6 is 0 Å². The standard InChI is InChI=1S/C23H35N3O5/c1-16-6-7-19(12-17(16)2)30-15-20(27)24-13-18-8-10-26(11-9-18)21(28)14-25-22(29)31-23(3,4)5/h6-7,12,18H,8-11,13-15H2,1-5H3,(H,24,27)(H,25,29). The van der Waals surface area contributed by atoms with Gasteiger partial charge >= 0.3 is 6.09 Å². The first-order valence-corrected chi connectivity index (χ1v) is 10.7. The number of hydrogen-bond acceptors (Lipinski definition) is 5. The predicted octanol–water partition coefficient (Wildman–Crippen LogP) is 2.56. The summed E-state index contributed by atoms with van der Waals surface area (Å²) >= 11 is 0. The van der Waals surface area contributed by atoms with E-state index in [1.54, 1.807) is 25.7 Å². The monoisotopic (exact) mass is 433 g/mol. The average molecular weight is 434 g/mol. The van der Waals surface area contributed by atoms with Crippen LogP contribution in [0.4, 0.5) is 4.79 Å². The molecule has 8 heteroatoms. The molecule has 1 fully saturated rings. The number of alkyl carbamates (subject to hydrolysis) is 1. The molecule has 1 heterocycles. The lowest BCUT2D eigenvalue weighted by Crippen LogP contribution is -2.46. The van der Waals surface area contributed by atoms with Gasteiger partial charge in [0.1, 0.15) is 17.9 Å². The summed E-state index contributed by atoms with van der Waals surface area (Å²) in [4.78, 5) is 37.8. The van der Waals surface area contributed by atoms with E-state index in [9.17, 15) is 14.4 Å². The van der Waals surface area contributed by atoms with Crippen molar-refractivity contribution in [3.05, 3.63) is 29.3 Å². The highest BCUT2D eigenvalue weighted by atomic mass is 16.6. The molecule has 172 valence electrons. The van der Waals surface area contributed by atoms with Gasteiger partial charge in [-0.15, -0.1) is 0 Å². The van der Waals surface area contributed by atoms with Crippen LogP contribution in [0.2, 0.25) is 0 Å². The maximum atomic E-state index is 12.3. The molecule has 0 saturated carbocycles. The number of carbonyl (C=O) groups is 3. The molecule has 0 unspecified atom stereocenters. The first-order chi connectivity index (χ1) is 14.5. The van der Waals surface area contributed by atoms with Gasteiger partial charge in [-0.1, -0.05) is 6.07 Å². The van der Waals surface area contributed by atoms with Gasteiger partial charge in [-0.25, -0.2) is 4.79 Å². The molecule has 8 nitrogen and oxygen atoms in total. The van der Waals surface area contributed by atoms with Crippen molar-refractivity contribution in [1.82, 2.24) is 15.5 Å². The third-order valence-electron chi connectivity index (χ3n) is 5.19. The number of aryl methyl sites for hydroxylation is 2. The van der Waals surface area contributed by atoms with Gasteiger partial charge in [0.15, 0.2) is 6.61 Å². The van der Waals surface area contributed by atoms with Crippen molar-refractivity contribution in [2.45, 2.75) is 53.1 Å². The lowest BCUT2D eigenvalue weighted by molar-refractivity contribution is -0.132. The number of nitrogens with one attached hydrogen (secondary N) is 2. The summed E-state index contributed by atoms with van der Waals surface area (Å²) in [6, 6.07) is 5.76. The zero-order chi connectivity index (χ0) is 23.0. The van der Waals surface area contributed by atoms with E-state index >= 15 is 0 Å². The molecule has 0 atom stereocenters. The number of amides is 3. The molecule has 1 aromatic rings. The molecule has 31 heavy (non-hydrogen) atoms. The van der Waals surface area contributed by atoms with E-state index in [2.05, 4.69) is 10.6 Å². The molecule has 1 aliphatic rings. The van der Waals surface area contributed by atoms with Crippen LogP contribution in [0.5, 0.6) is 5.75 Å². The minimum atomic E-state index is -0.597. The highest BCUT2D eigenvalue weighted by molar-refractivity contribution is 5.82. The Labute approximate surface area is 184 Å². The first kappa shape index (κ1) is 24.5. The second kappa shape index (κ2) is 11.0. The Kier molecular flexibility index (Phi) is 8.71. The number of likely N-dealkylation sites (tertiary alicyclic amines) is 1. The Bertz CT molecular complexity index is 780. The summed E-state index contributed by atoms with van der Waals surface area (Å²) in [5, 5.41) is 5.41. The Balaban J connectivity index is 1.62. The summed E-state index contributed by atoms with van der Waals surface area (Å²) in [7, 11) is 0. The molecular weight excluding hydrogens is 398 g/mol. The Morgan fingerprint density at radius 1 is 1.06 bits per heavy atom. The fraction of sp³-hybridized carbons (Fsp3) is 0.609. The molecule has 1 aromatic carbocycles. The zero-order valence-electron chi connectivity index (χ0n) is 19.2. The maximum Gasteiger partial charge on any atom is 0.408 e. The molecular formula is C23H35N3O5. The maximum absolute atomic E-state index is 12.3. The number of carbonyl (C=O) groups excluding carboxylic acids is 3. The molecule has 3 amide bonds. The number of benzene rings is 1. The zero-order valence-corrected chi connectivity index (χ0v) is 19.2. The lowest BCUT2D eigenvalue weighted by atomic mass is 9.96. The van der Waals surface area contributed by atoms with Crippen molar-refractivity contribution < 1.29 is 23.9 Å². The number of hydrogen-bond donors (Lipinski definition) is 2. The Hall–Kier alpha value is -2.77. The van der Waals surface area contributed by atoms with E-state index in [0.29, 0.717) is 31.3 Å². The molecule has 0 aromatic heterocycles. The van der Waals surface area contributed by atoms with Crippen LogP contribution in [0.1, 0.15) is 44.7 Å². The highest BCUT2D eigenvalue weighted by Crippen LogP contribution is 2.17. The van der Waals surface area contributed by atoms with Crippen molar-refractivity contribution in [3.8, 4) is 5.75 Å². The quantitative estimate of drug-likeness (QED) is 0.689. The summed E-state index contributed by atoms with van der Waals surface area (Å²) in [6.45, 7) is 11.0. The second-order valence-electron chi connectivity index (χ2n) is 9.02. The van der Waals surface area contributed by atoms with Crippen LogP contribution in [-0.4, -0.2) is 61.2 Å². The van der Waals surface area contributed by atoms with E-state index in [4.69, 9.17) is 9.47 Å². The van der Waals surface area contributed by atoms with Crippen molar-refractivity contribution in [3.63, 3.8) is 0 Å². The summed E-state index contributed by atoms with van der Waals surface area (Å²) in [6.07, 6.45) is 1.01. The minimum absolute atomic E-state index is 0.0177. The molecule has 2 rings (SSSR count). The molecule has 0 aliphatic carbocycles. The van der Waals surface area contributed by atoms with Gasteiger partial charge in [0.2, 0.25) is 5.91 Å². The minimum Gasteiger partial charge on any atom is -0.484 e. The van der Waals surface area contributed by atoms with Crippen molar-refractivity contribution in [2.75, 3.05) is 32.8 Å². The average Bonchev–Trinajstić information content (AvgIpc) is 2.70. The number of rotatable bonds is 7. The van der Waals surface area contributed by atoms with Crippen molar-refractivity contribution in [1.29, 1.82) is 0 Å². The molecule has 1 aliphatic heterocycles. The summed E-state index contributed by atoms with van der Waals surface area (Å²) in [5.74, 6) is 0.715. The number of nitrogens with zero attached hydrogens (tertiary/aromatic N) is 1. The van der Waals surface area contributed by atoms with Crippen molar-refractivity contribution >= 4 is 17.9 Å². The van der Waals surface area contributed by atoms with Crippen LogP contribution in [0, 0.1) is 19.8 Å². The van der Waals surface area contributed by atoms with E-state index in [1.807, 2.05) is 32.0 Å². The fourth-order valence-corrected chi connectivity index (χ4v) is 3.22. The van der Waals surface area contributed by atoms with E-state index in [0.717, 1.165) is 18.4 Å². The van der Waals surface area contributed by atoms with Crippen LogP contribution in [0.15, 0.2) is 18.2 Å². The third-order valence-corrected chi connectivity index (χ3v) is 5.19. The van der Waals surface area contributed by atoms with Gasteiger partial charge < -0.3 is 25.0 Å². The largest absolute Gasteiger partial charge is 0.484 e. The third kappa shape index (κ3) is 8.86. The molecule has 2 N–H and O–H groups in total. The van der Waals surface area contributed by atoms with Gasteiger partial charge in [-0.2, -0.15) is 0 Å². The van der Waals surface area contributed by atoms with Gasteiger partial charge in [-0.3, -0.25) is 9.59 Å². The Morgan fingerprint density at radius 3 is 2.35 bits per heavy atom. The summed E-state index contributed by atoms with van der Waals surface area (Å²) in [5.41, 5.74) is 1.71. The Morgan fingerprint density at radius 2 is 1.74 bits per heavy atom. The van der Waals surface area contributed by atoms with Crippen LogP contribution in [-0.2, 0) is 14.3 Å². The van der Waals surface area contributed by atoms with Gasteiger partial charge in [0.25, 0.3) is 5.91 Å². The van der Waals surface area contributed by atoms with Gasteiger partial charge in [0, 0.05) is 19.6 Å². The fourth-order valence-electron chi connectivity index (χ4n) is 3.22. The van der Waals surface area contributed by atoms with Crippen LogP contribution < -0.4 is 15.4 Å². The number of ether oxygens (including phenoxy) is 2. The van der Waals surface area contributed by atoms with Crippen molar-refractivity contribution in [2.24, 2.45) is 5.92 Å². The first-order valence-electron chi connectivity index (χ1n) is 10.7. The highest BCUT2D eigenvalue weighted by Gasteiger charge is 2.24. The lowest BCUT2D eigenvalue weighted by Gasteiger charge is -2.32. The van der Waals surface area contributed by atoms with E-state index in [1.165, 1.54) is 5.56 Å². The predicted molar refractivity (Wildman–Crippen MR) is 118 cm³/mol. The van der Waals surface area contributed by atoms with E-state index in [-0.39, 0.29) is 25.0 Å². The van der Waals surface area contributed by atoms with E-state index < -0.39 is 11.7 Å². The normalized spacial score (nSPS) is 14.7. The molecule has 0 spiro atoms. The SMILES string of the molecule is Cc1ccc(OCC(=O)NCC2CCN(C(=O)CNC(=O)OC(C)(C)C)CC2)cc1C. The molecule has 1 saturated heterocycles. The topological polar surface area (TPSA) is 97.0 Å². The second-order valence-corrected chi connectivity index (χ2v) is 9.02. The summed E-state index contributed by atoms with van der Waals surface area (Å²) < 4.78 is 10.7. The smallest absolute Gasteiger partial charge is 0.408 e.